The number of para-hydroxylation sites is 1. The van der Waals surface area contributed by atoms with E-state index in [1.807, 2.05) is 23.1 Å². The van der Waals surface area contributed by atoms with Gasteiger partial charge in [0.15, 0.2) is 5.13 Å². The van der Waals surface area contributed by atoms with Crippen LogP contribution in [0.1, 0.15) is 32.1 Å². The van der Waals surface area contributed by atoms with Crippen LogP contribution in [-0.4, -0.2) is 30.1 Å². The summed E-state index contributed by atoms with van der Waals surface area (Å²) in [4.78, 5) is 19.4. The van der Waals surface area contributed by atoms with Gasteiger partial charge in [-0.3, -0.25) is 9.69 Å². The molecule has 0 bridgehead atoms. The first kappa shape index (κ1) is 14.2. The van der Waals surface area contributed by atoms with Crippen molar-refractivity contribution in [1.82, 2.24) is 4.98 Å². The molecular formula is C17H20N2O2S. The molecule has 2 aliphatic rings. The van der Waals surface area contributed by atoms with Crippen molar-refractivity contribution in [3.63, 3.8) is 0 Å². The third kappa shape index (κ3) is 2.63. The predicted molar refractivity (Wildman–Crippen MR) is 88.3 cm³/mol. The fourth-order valence-corrected chi connectivity index (χ4v) is 4.09. The second kappa shape index (κ2) is 5.97. The normalized spacial score (nSPS) is 21.9. The number of nitrogens with zero attached hydrogens (tertiary/aromatic N) is 2. The number of rotatable bonds is 4. The lowest BCUT2D eigenvalue weighted by Crippen LogP contribution is -2.43. The summed E-state index contributed by atoms with van der Waals surface area (Å²) in [6.07, 6.45) is 5.51. The minimum absolute atomic E-state index is 0.163. The third-order valence-corrected chi connectivity index (χ3v) is 5.70. The molecule has 2 heterocycles. The van der Waals surface area contributed by atoms with Crippen LogP contribution in [0.15, 0.2) is 24.3 Å². The van der Waals surface area contributed by atoms with Gasteiger partial charge in [0.25, 0.3) is 0 Å². The van der Waals surface area contributed by atoms with Crippen molar-refractivity contribution in [3.8, 4) is 0 Å². The minimum atomic E-state index is 0.163. The second-order valence-corrected chi connectivity index (χ2v) is 7.18. The van der Waals surface area contributed by atoms with E-state index in [0.29, 0.717) is 6.54 Å². The van der Waals surface area contributed by atoms with Crippen LogP contribution in [0.3, 0.4) is 0 Å². The Bertz CT molecular complexity index is 641. The standard InChI is InChI=1S/C17H20N2O2S/c20-16(12-5-3-6-12)19(11-13-7-4-10-21-13)17-18-14-8-1-2-9-15(14)22-17/h1-2,8-9,12-13H,3-7,10-11H2/t13-/m0/s1. The number of carbonyl (C=O) groups is 1. The van der Waals surface area contributed by atoms with Crippen molar-refractivity contribution in [1.29, 1.82) is 0 Å². The van der Waals surface area contributed by atoms with Crippen molar-refractivity contribution in [2.75, 3.05) is 18.1 Å². The molecule has 116 valence electrons. The first-order chi connectivity index (χ1) is 10.8. The average molecular weight is 316 g/mol. The largest absolute Gasteiger partial charge is 0.376 e. The molecule has 1 aromatic heterocycles. The highest BCUT2D eigenvalue weighted by Crippen LogP contribution is 2.34. The molecular weight excluding hydrogens is 296 g/mol. The summed E-state index contributed by atoms with van der Waals surface area (Å²) in [6.45, 7) is 1.46. The quantitative estimate of drug-likeness (QED) is 0.865. The zero-order valence-electron chi connectivity index (χ0n) is 12.5. The van der Waals surface area contributed by atoms with Crippen molar-refractivity contribution in [2.24, 2.45) is 5.92 Å². The van der Waals surface area contributed by atoms with Crippen molar-refractivity contribution in [2.45, 2.75) is 38.2 Å². The van der Waals surface area contributed by atoms with E-state index in [-0.39, 0.29) is 17.9 Å². The van der Waals surface area contributed by atoms with Crippen LogP contribution in [-0.2, 0) is 9.53 Å². The van der Waals surface area contributed by atoms with Crippen LogP contribution in [0.4, 0.5) is 5.13 Å². The summed E-state index contributed by atoms with van der Waals surface area (Å²) in [5, 5.41) is 0.827. The summed E-state index contributed by atoms with van der Waals surface area (Å²) in [5.74, 6) is 0.425. The van der Waals surface area contributed by atoms with Gasteiger partial charge in [-0.25, -0.2) is 4.98 Å². The number of anilines is 1. The van der Waals surface area contributed by atoms with Gasteiger partial charge in [0.2, 0.25) is 5.91 Å². The highest BCUT2D eigenvalue weighted by Gasteiger charge is 2.33. The van der Waals surface area contributed by atoms with Crippen LogP contribution in [0.2, 0.25) is 0 Å². The van der Waals surface area contributed by atoms with E-state index in [9.17, 15) is 4.79 Å². The molecule has 0 spiro atoms. The van der Waals surface area contributed by atoms with Gasteiger partial charge in [0, 0.05) is 12.5 Å². The lowest BCUT2D eigenvalue weighted by atomic mass is 9.84. The number of benzene rings is 1. The number of ether oxygens (including phenoxy) is 1. The molecule has 0 unspecified atom stereocenters. The van der Waals surface area contributed by atoms with E-state index in [2.05, 4.69) is 11.1 Å². The Balaban J connectivity index is 1.63. The SMILES string of the molecule is O=C(C1CCC1)N(C[C@@H]1CCCO1)c1nc2ccccc2s1. The van der Waals surface area contributed by atoms with Gasteiger partial charge in [0.05, 0.1) is 22.9 Å². The van der Waals surface area contributed by atoms with Gasteiger partial charge < -0.3 is 4.74 Å². The topological polar surface area (TPSA) is 42.4 Å². The Morgan fingerprint density at radius 1 is 1.27 bits per heavy atom. The number of carbonyl (C=O) groups excluding carboxylic acids is 1. The zero-order chi connectivity index (χ0) is 14.9. The Kier molecular flexibility index (Phi) is 3.84. The third-order valence-electron chi connectivity index (χ3n) is 4.64. The smallest absolute Gasteiger partial charge is 0.231 e. The van der Waals surface area contributed by atoms with Crippen molar-refractivity contribution in [3.05, 3.63) is 24.3 Å². The van der Waals surface area contributed by atoms with Crippen LogP contribution in [0, 0.1) is 5.92 Å². The highest BCUT2D eigenvalue weighted by molar-refractivity contribution is 7.22. The fourth-order valence-electron chi connectivity index (χ4n) is 3.11. The molecule has 1 aliphatic heterocycles. The van der Waals surface area contributed by atoms with Crippen LogP contribution in [0.25, 0.3) is 10.2 Å². The molecule has 1 aliphatic carbocycles. The number of hydrogen-bond donors (Lipinski definition) is 0. The maximum atomic E-state index is 12.8. The van der Waals surface area contributed by atoms with E-state index in [0.717, 1.165) is 47.6 Å². The van der Waals surface area contributed by atoms with Crippen molar-refractivity contribution >= 4 is 32.6 Å². The summed E-state index contributed by atoms with van der Waals surface area (Å²) < 4.78 is 6.88. The molecule has 1 amide bonds. The maximum absolute atomic E-state index is 12.8. The van der Waals surface area contributed by atoms with Gasteiger partial charge in [-0.05, 0) is 37.8 Å². The summed E-state index contributed by atoms with van der Waals surface area (Å²) in [6, 6.07) is 8.08. The number of fused-ring (bicyclic) bond motifs is 1. The lowest BCUT2D eigenvalue weighted by Gasteiger charge is -2.31. The van der Waals surface area contributed by atoms with Crippen LogP contribution in [0.5, 0.6) is 0 Å². The molecule has 1 saturated heterocycles. The molecule has 0 N–H and O–H groups in total. The zero-order valence-corrected chi connectivity index (χ0v) is 13.3. The lowest BCUT2D eigenvalue weighted by molar-refractivity contribution is -0.125. The predicted octanol–water partition coefficient (Wildman–Crippen LogP) is 3.61. The summed E-state index contributed by atoms with van der Waals surface area (Å²) in [5.41, 5.74) is 0.973. The number of aromatic nitrogens is 1. The highest BCUT2D eigenvalue weighted by atomic mass is 32.1. The Labute approximate surface area is 134 Å². The molecule has 4 nitrogen and oxygen atoms in total. The summed E-state index contributed by atoms with van der Waals surface area (Å²) in [7, 11) is 0. The van der Waals surface area contributed by atoms with E-state index < -0.39 is 0 Å². The van der Waals surface area contributed by atoms with Gasteiger partial charge in [-0.15, -0.1) is 0 Å². The van der Waals surface area contributed by atoms with E-state index in [1.165, 1.54) is 6.42 Å². The Morgan fingerprint density at radius 3 is 2.82 bits per heavy atom. The maximum Gasteiger partial charge on any atom is 0.231 e. The molecule has 1 aromatic carbocycles. The first-order valence-electron chi connectivity index (χ1n) is 8.10. The van der Waals surface area contributed by atoms with Gasteiger partial charge in [-0.2, -0.15) is 0 Å². The first-order valence-corrected chi connectivity index (χ1v) is 8.91. The van der Waals surface area contributed by atoms with Gasteiger partial charge in [0.1, 0.15) is 0 Å². The van der Waals surface area contributed by atoms with E-state index >= 15 is 0 Å². The number of hydrogen-bond acceptors (Lipinski definition) is 4. The van der Waals surface area contributed by atoms with Gasteiger partial charge >= 0.3 is 0 Å². The molecule has 1 atom stereocenters. The van der Waals surface area contributed by atoms with Gasteiger partial charge in [-0.1, -0.05) is 29.9 Å². The molecule has 4 rings (SSSR count). The molecule has 5 heteroatoms. The number of thiazole rings is 1. The monoisotopic (exact) mass is 316 g/mol. The van der Waals surface area contributed by atoms with E-state index in [4.69, 9.17) is 4.74 Å². The van der Waals surface area contributed by atoms with Crippen LogP contribution < -0.4 is 4.90 Å². The van der Waals surface area contributed by atoms with E-state index in [1.54, 1.807) is 11.3 Å². The molecule has 0 radical (unpaired) electrons. The van der Waals surface area contributed by atoms with Crippen LogP contribution >= 0.6 is 11.3 Å². The van der Waals surface area contributed by atoms with Crippen molar-refractivity contribution < 1.29 is 9.53 Å². The Morgan fingerprint density at radius 2 is 2.14 bits per heavy atom. The fraction of sp³-hybridized carbons (Fsp3) is 0.529. The Hall–Kier alpha value is -1.46. The number of amides is 1. The second-order valence-electron chi connectivity index (χ2n) is 6.18. The molecule has 22 heavy (non-hydrogen) atoms. The molecule has 2 fully saturated rings. The minimum Gasteiger partial charge on any atom is -0.376 e. The molecule has 2 aromatic rings. The summed E-state index contributed by atoms with van der Waals surface area (Å²) >= 11 is 1.61. The average Bonchev–Trinajstić information content (AvgIpc) is 3.11. The molecule has 1 saturated carbocycles.